The molecule has 22 heavy (non-hydrogen) atoms. The molecule has 2 amide bonds. The molecule has 0 N–H and O–H groups in total. The van der Waals surface area contributed by atoms with Crippen LogP contribution < -0.4 is 4.90 Å². The van der Waals surface area contributed by atoms with Crippen molar-refractivity contribution < 1.29 is 14.3 Å². The van der Waals surface area contributed by atoms with Gasteiger partial charge in [0.25, 0.3) is 0 Å². The van der Waals surface area contributed by atoms with Crippen molar-refractivity contribution >= 4 is 17.6 Å². The summed E-state index contributed by atoms with van der Waals surface area (Å²) < 4.78 is 7.12. The van der Waals surface area contributed by atoms with Crippen molar-refractivity contribution in [3.63, 3.8) is 0 Å². The number of ether oxygens (including phenoxy) is 1. The molecule has 0 bridgehead atoms. The van der Waals surface area contributed by atoms with Crippen LogP contribution >= 0.6 is 0 Å². The van der Waals surface area contributed by atoms with E-state index in [4.69, 9.17) is 4.74 Å². The first-order chi connectivity index (χ1) is 10.6. The van der Waals surface area contributed by atoms with E-state index in [0.717, 1.165) is 11.5 Å². The van der Waals surface area contributed by atoms with Gasteiger partial charge in [-0.1, -0.05) is 0 Å². The third kappa shape index (κ3) is 3.14. The number of carbonyl (C=O) groups is 2. The van der Waals surface area contributed by atoms with Crippen LogP contribution in [0.25, 0.3) is 0 Å². The minimum absolute atomic E-state index is 0.117. The minimum atomic E-state index is 0.117. The largest absolute Gasteiger partial charge is 0.378 e. The summed E-state index contributed by atoms with van der Waals surface area (Å²) in [6.45, 7) is 5.73. The van der Waals surface area contributed by atoms with E-state index in [9.17, 15) is 9.59 Å². The van der Waals surface area contributed by atoms with Gasteiger partial charge in [0, 0.05) is 38.5 Å². The second-order valence-corrected chi connectivity index (χ2v) is 5.76. The van der Waals surface area contributed by atoms with Crippen molar-refractivity contribution in [1.29, 1.82) is 0 Å². The van der Waals surface area contributed by atoms with Gasteiger partial charge in [0.1, 0.15) is 5.82 Å². The summed E-state index contributed by atoms with van der Waals surface area (Å²) in [5, 5.41) is 4.39. The van der Waals surface area contributed by atoms with Crippen LogP contribution in [-0.2, 0) is 20.9 Å². The first-order valence-electron chi connectivity index (χ1n) is 7.85. The first-order valence-corrected chi connectivity index (χ1v) is 7.85. The molecule has 0 spiro atoms. The highest BCUT2D eigenvalue weighted by molar-refractivity contribution is 5.93. The molecule has 120 valence electrons. The molecule has 0 radical (unpaired) electrons. The average molecular weight is 306 g/mol. The lowest BCUT2D eigenvalue weighted by atomic mass is 10.2. The molecule has 0 saturated carbocycles. The van der Waals surface area contributed by atoms with Gasteiger partial charge in [-0.15, -0.1) is 0 Å². The van der Waals surface area contributed by atoms with Crippen molar-refractivity contribution in [3.05, 3.63) is 11.8 Å². The van der Waals surface area contributed by atoms with Crippen molar-refractivity contribution in [2.24, 2.45) is 0 Å². The average Bonchev–Trinajstić information content (AvgIpc) is 2.91. The summed E-state index contributed by atoms with van der Waals surface area (Å²) in [4.78, 5) is 27.8. The second kappa shape index (κ2) is 6.48. The maximum absolute atomic E-state index is 12.1. The van der Waals surface area contributed by atoms with Gasteiger partial charge >= 0.3 is 0 Å². The molecule has 0 unspecified atom stereocenters. The SMILES string of the molecule is Cc1cc2n(n1)CCC(=O)N2CCCC(=O)N1CCOCC1. The number of hydrogen-bond donors (Lipinski definition) is 0. The van der Waals surface area contributed by atoms with Gasteiger partial charge in [0.2, 0.25) is 11.8 Å². The fraction of sp³-hybridized carbons (Fsp3) is 0.667. The minimum Gasteiger partial charge on any atom is -0.378 e. The Morgan fingerprint density at radius 2 is 2.09 bits per heavy atom. The topological polar surface area (TPSA) is 67.7 Å². The first kappa shape index (κ1) is 15.0. The number of amides is 2. The van der Waals surface area contributed by atoms with Crippen molar-refractivity contribution in [2.75, 3.05) is 37.7 Å². The molecule has 1 aromatic heterocycles. The van der Waals surface area contributed by atoms with Gasteiger partial charge in [-0.05, 0) is 13.3 Å². The van der Waals surface area contributed by atoms with Crippen LogP contribution in [0.3, 0.4) is 0 Å². The van der Waals surface area contributed by atoms with E-state index in [-0.39, 0.29) is 11.8 Å². The van der Waals surface area contributed by atoms with E-state index in [1.54, 1.807) is 4.90 Å². The normalized spacial score (nSPS) is 18.5. The molecule has 3 rings (SSSR count). The lowest BCUT2D eigenvalue weighted by molar-refractivity contribution is -0.135. The number of morpholine rings is 1. The van der Waals surface area contributed by atoms with Crippen LogP contribution in [0.2, 0.25) is 0 Å². The van der Waals surface area contributed by atoms with Gasteiger partial charge in [0.05, 0.1) is 25.5 Å². The van der Waals surface area contributed by atoms with Crippen LogP contribution in [0.4, 0.5) is 5.82 Å². The lowest BCUT2D eigenvalue weighted by Crippen LogP contribution is -2.41. The molecule has 0 aliphatic carbocycles. The van der Waals surface area contributed by atoms with Gasteiger partial charge in [-0.2, -0.15) is 5.10 Å². The van der Waals surface area contributed by atoms with Crippen molar-refractivity contribution in [2.45, 2.75) is 32.7 Å². The molecule has 0 aromatic carbocycles. The molecule has 2 aliphatic rings. The summed E-state index contributed by atoms with van der Waals surface area (Å²) in [5.74, 6) is 1.12. The molecule has 1 saturated heterocycles. The Hall–Kier alpha value is -1.89. The van der Waals surface area contributed by atoms with E-state index in [1.807, 2.05) is 22.6 Å². The van der Waals surface area contributed by atoms with Crippen LogP contribution in [0, 0.1) is 6.92 Å². The highest BCUT2D eigenvalue weighted by atomic mass is 16.5. The second-order valence-electron chi connectivity index (χ2n) is 5.76. The zero-order valence-electron chi connectivity index (χ0n) is 13.0. The van der Waals surface area contributed by atoms with Crippen LogP contribution in [-0.4, -0.2) is 59.3 Å². The van der Waals surface area contributed by atoms with E-state index in [1.165, 1.54) is 0 Å². The predicted octanol–water partition coefficient (Wildman–Crippen LogP) is 0.567. The molecule has 2 aliphatic heterocycles. The quantitative estimate of drug-likeness (QED) is 0.815. The van der Waals surface area contributed by atoms with Crippen LogP contribution in [0.1, 0.15) is 25.0 Å². The maximum Gasteiger partial charge on any atom is 0.229 e. The summed E-state index contributed by atoms with van der Waals surface area (Å²) in [6.07, 6.45) is 1.62. The summed E-state index contributed by atoms with van der Waals surface area (Å²) in [5.41, 5.74) is 0.916. The third-order valence-corrected chi connectivity index (χ3v) is 4.13. The zero-order valence-corrected chi connectivity index (χ0v) is 13.0. The number of anilines is 1. The number of rotatable bonds is 4. The van der Waals surface area contributed by atoms with Crippen LogP contribution in [0.5, 0.6) is 0 Å². The molecular formula is C15H22N4O3. The number of aromatic nitrogens is 2. The summed E-state index contributed by atoms with van der Waals surface area (Å²) >= 11 is 0. The van der Waals surface area contributed by atoms with E-state index < -0.39 is 0 Å². The van der Waals surface area contributed by atoms with Gasteiger partial charge in [0.15, 0.2) is 0 Å². The van der Waals surface area contributed by atoms with E-state index in [0.29, 0.717) is 58.7 Å². The molecule has 3 heterocycles. The summed E-state index contributed by atoms with van der Waals surface area (Å²) in [6, 6.07) is 1.93. The monoisotopic (exact) mass is 306 g/mol. The van der Waals surface area contributed by atoms with E-state index in [2.05, 4.69) is 5.10 Å². The van der Waals surface area contributed by atoms with Crippen molar-refractivity contribution in [3.8, 4) is 0 Å². The maximum atomic E-state index is 12.1. The third-order valence-electron chi connectivity index (χ3n) is 4.13. The molecule has 7 nitrogen and oxygen atoms in total. The number of fused-ring (bicyclic) bond motifs is 1. The Morgan fingerprint density at radius 3 is 2.86 bits per heavy atom. The number of hydrogen-bond acceptors (Lipinski definition) is 4. The Balaban J connectivity index is 1.54. The molecule has 1 fully saturated rings. The Labute approximate surface area is 129 Å². The number of nitrogens with zero attached hydrogens (tertiary/aromatic N) is 4. The van der Waals surface area contributed by atoms with E-state index >= 15 is 0 Å². The number of aryl methyl sites for hydroxylation is 2. The van der Waals surface area contributed by atoms with Gasteiger partial charge < -0.3 is 9.64 Å². The fourth-order valence-corrected chi connectivity index (χ4v) is 2.98. The standard InChI is InChI=1S/C15H22N4O3/c1-12-11-13-18(15(21)4-6-19(13)16-12)5-2-3-14(20)17-7-9-22-10-8-17/h11H,2-10H2,1H3. The Morgan fingerprint density at radius 1 is 1.32 bits per heavy atom. The molecular weight excluding hydrogens is 284 g/mol. The molecule has 1 aromatic rings. The smallest absolute Gasteiger partial charge is 0.229 e. The Bertz CT molecular complexity index is 563. The van der Waals surface area contributed by atoms with Gasteiger partial charge in [-0.3, -0.25) is 14.5 Å². The molecule has 7 heteroatoms. The predicted molar refractivity (Wildman–Crippen MR) is 80.6 cm³/mol. The van der Waals surface area contributed by atoms with Gasteiger partial charge in [-0.25, -0.2) is 4.68 Å². The van der Waals surface area contributed by atoms with Crippen molar-refractivity contribution in [1.82, 2.24) is 14.7 Å². The van der Waals surface area contributed by atoms with Crippen LogP contribution in [0.15, 0.2) is 6.07 Å². The Kier molecular flexibility index (Phi) is 4.42. The molecule has 0 atom stereocenters. The highest BCUT2D eigenvalue weighted by Crippen LogP contribution is 2.22. The zero-order chi connectivity index (χ0) is 15.5. The fourth-order valence-electron chi connectivity index (χ4n) is 2.98. The number of carbonyl (C=O) groups excluding carboxylic acids is 2. The highest BCUT2D eigenvalue weighted by Gasteiger charge is 2.25. The summed E-state index contributed by atoms with van der Waals surface area (Å²) in [7, 11) is 0. The lowest BCUT2D eigenvalue weighted by Gasteiger charge is -2.29.